The van der Waals surface area contributed by atoms with Gasteiger partial charge in [-0.3, -0.25) is 4.79 Å². The van der Waals surface area contributed by atoms with Crippen molar-refractivity contribution in [2.45, 2.75) is 12.8 Å². The number of carbonyl (C=O) groups is 1. The van der Waals surface area contributed by atoms with Gasteiger partial charge in [-0.15, -0.1) is 11.3 Å². The molecule has 2 aromatic rings. The summed E-state index contributed by atoms with van der Waals surface area (Å²) in [7, 11) is 0. The van der Waals surface area contributed by atoms with Crippen LogP contribution in [0.3, 0.4) is 0 Å². The summed E-state index contributed by atoms with van der Waals surface area (Å²) >= 11 is 1.58. The first-order valence-electron chi connectivity index (χ1n) is 6.38. The second-order valence-electron chi connectivity index (χ2n) is 4.32. The van der Waals surface area contributed by atoms with Gasteiger partial charge in [0, 0.05) is 10.6 Å². The summed E-state index contributed by atoms with van der Waals surface area (Å²) in [5.41, 5.74) is 0.731. The minimum Gasteiger partial charge on any atom is -0.491 e. The third kappa shape index (κ3) is 3.82. The highest BCUT2D eigenvalue weighted by atomic mass is 32.1. The van der Waals surface area contributed by atoms with Gasteiger partial charge in [0.2, 0.25) is 5.91 Å². The van der Waals surface area contributed by atoms with Gasteiger partial charge in [0.05, 0.1) is 12.5 Å². The summed E-state index contributed by atoms with van der Waals surface area (Å²) < 4.78 is 5.26. The van der Waals surface area contributed by atoms with Gasteiger partial charge in [0.1, 0.15) is 12.4 Å². The first kappa shape index (κ1) is 14.6. The van der Waals surface area contributed by atoms with E-state index in [0.29, 0.717) is 5.75 Å². The maximum atomic E-state index is 12.1. The molecule has 0 saturated heterocycles. The van der Waals surface area contributed by atoms with Gasteiger partial charge in [-0.2, -0.15) is 0 Å². The molecular weight excluding hydrogens is 274 g/mol. The Labute approximate surface area is 122 Å². The van der Waals surface area contributed by atoms with E-state index in [4.69, 9.17) is 9.84 Å². The predicted molar refractivity (Wildman–Crippen MR) is 80.4 cm³/mol. The average Bonchev–Trinajstić information content (AvgIpc) is 3.00. The molecule has 4 nitrogen and oxygen atoms in total. The largest absolute Gasteiger partial charge is 0.491 e. The third-order valence-electron chi connectivity index (χ3n) is 2.85. The van der Waals surface area contributed by atoms with Gasteiger partial charge in [-0.25, -0.2) is 0 Å². The molecule has 1 aromatic carbocycles. The van der Waals surface area contributed by atoms with Gasteiger partial charge in [-0.1, -0.05) is 6.07 Å². The van der Waals surface area contributed by atoms with Crippen LogP contribution in [-0.4, -0.2) is 24.2 Å². The fraction of sp³-hybridized carbons (Fsp3) is 0.267. The number of aliphatic hydroxyl groups excluding tert-OH is 1. The predicted octanol–water partition coefficient (Wildman–Crippen LogP) is 2.86. The summed E-state index contributed by atoms with van der Waals surface area (Å²) in [5.74, 6) is 0.472. The second kappa shape index (κ2) is 7.07. The molecule has 1 aromatic heterocycles. The number of amides is 1. The van der Waals surface area contributed by atoms with Crippen molar-refractivity contribution < 1.29 is 14.6 Å². The summed E-state index contributed by atoms with van der Waals surface area (Å²) in [4.78, 5) is 13.1. The molecule has 0 bridgehead atoms. The number of anilines is 1. The fourth-order valence-corrected chi connectivity index (χ4v) is 2.50. The summed E-state index contributed by atoms with van der Waals surface area (Å²) in [6.07, 6.45) is 0. The number of aliphatic hydroxyl groups is 1. The van der Waals surface area contributed by atoms with Crippen molar-refractivity contribution in [2.75, 3.05) is 18.5 Å². The molecule has 1 atom stereocenters. The van der Waals surface area contributed by atoms with Crippen molar-refractivity contribution in [1.29, 1.82) is 0 Å². The Morgan fingerprint density at radius 1 is 1.35 bits per heavy atom. The zero-order chi connectivity index (χ0) is 14.4. The third-order valence-corrected chi connectivity index (χ3v) is 3.90. The SMILES string of the molecule is CC(C(=O)Nc1ccc(OCCO)cc1)c1cccs1. The topological polar surface area (TPSA) is 58.6 Å². The summed E-state index contributed by atoms with van der Waals surface area (Å²) in [5, 5.41) is 13.5. The number of rotatable bonds is 6. The molecule has 0 spiro atoms. The van der Waals surface area contributed by atoms with Crippen LogP contribution >= 0.6 is 11.3 Å². The zero-order valence-corrected chi connectivity index (χ0v) is 12.0. The van der Waals surface area contributed by atoms with Crippen molar-refractivity contribution in [3.05, 3.63) is 46.7 Å². The highest BCUT2D eigenvalue weighted by Gasteiger charge is 2.16. The van der Waals surface area contributed by atoms with Gasteiger partial charge in [0.15, 0.2) is 0 Å². The molecule has 106 valence electrons. The van der Waals surface area contributed by atoms with Crippen LogP contribution < -0.4 is 10.1 Å². The lowest BCUT2D eigenvalue weighted by Gasteiger charge is -2.11. The molecule has 1 amide bonds. The molecule has 0 aliphatic carbocycles. The van der Waals surface area contributed by atoms with E-state index in [1.54, 1.807) is 35.6 Å². The maximum Gasteiger partial charge on any atom is 0.232 e. The van der Waals surface area contributed by atoms with E-state index >= 15 is 0 Å². The lowest BCUT2D eigenvalue weighted by atomic mass is 10.1. The van der Waals surface area contributed by atoms with Crippen LogP contribution in [0.1, 0.15) is 17.7 Å². The van der Waals surface area contributed by atoms with Gasteiger partial charge in [-0.05, 0) is 42.6 Å². The Morgan fingerprint density at radius 2 is 2.10 bits per heavy atom. The van der Waals surface area contributed by atoms with Crippen molar-refractivity contribution in [2.24, 2.45) is 0 Å². The Kier molecular flexibility index (Phi) is 5.15. The molecule has 1 heterocycles. The van der Waals surface area contributed by atoms with Crippen LogP contribution in [0, 0.1) is 0 Å². The Morgan fingerprint density at radius 3 is 2.70 bits per heavy atom. The van der Waals surface area contributed by atoms with E-state index in [1.807, 2.05) is 24.4 Å². The molecule has 2 N–H and O–H groups in total. The molecular formula is C15H17NO3S. The van der Waals surface area contributed by atoms with Crippen LogP contribution in [0.25, 0.3) is 0 Å². The average molecular weight is 291 g/mol. The maximum absolute atomic E-state index is 12.1. The standard InChI is InChI=1S/C15H17NO3S/c1-11(14-3-2-10-20-14)15(18)16-12-4-6-13(7-5-12)19-9-8-17/h2-7,10-11,17H,8-9H2,1H3,(H,16,18). The highest BCUT2D eigenvalue weighted by Crippen LogP contribution is 2.23. The molecule has 0 aliphatic heterocycles. The number of thiophene rings is 1. The quantitative estimate of drug-likeness (QED) is 0.860. The number of benzene rings is 1. The number of hydrogen-bond acceptors (Lipinski definition) is 4. The first-order chi connectivity index (χ1) is 9.70. The zero-order valence-electron chi connectivity index (χ0n) is 11.2. The lowest BCUT2D eigenvalue weighted by Crippen LogP contribution is -2.18. The molecule has 2 rings (SSSR count). The van der Waals surface area contributed by atoms with Crippen LogP contribution in [0.15, 0.2) is 41.8 Å². The van der Waals surface area contributed by atoms with Crippen molar-refractivity contribution in [3.8, 4) is 5.75 Å². The van der Waals surface area contributed by atoms with Crippen LogP contribution in [0.2, 0.25) is 0 Å². The first-order valence-corrected chi connectivity index (χ1v) is 7.26. The van der Waals surface area contributed by atoms with Crippen LogP contribution in [-0.2, 0) is 4.79 Å². The molecule has 0 radical (unpaired) electrons. The van der Waals surface area contributed by atoms with E-state index in [-0.39, 0.29) is 25.0 Å². The smallest absolute Gasteiger partial charge is 0.232 e. The van der Waals surface area contributed by atoms with Crippen molar-refractivity contribution in [1.82, 2.24) is 0 Å². The number of carbonyl (C=O) groups excluding carboxylic acids is 1. The Hall–Kier alpha value is -1.85. The molecule has 0 aliphatic rings. The second-order valence-corrected chi connectivity index (χ2v) is 5.30. The summed E-state index contributed by atoms with van der Waals surface area (Å²) in [6, 6.07) is 11.0. The normalized spacial score (nSPS) is 11.9. The van der Waals surface area contributed by atoms with E-state index in [1.165, 1.54) is 0 Å². The monoisotopic (exact) mass is 291 g/mol. The van der Waals surface area contributed by atoms with Crippen molar-refractivity contribution in [3.63, 3.8) is 0 Å². The Balaban J connectivity index is 1.94. The number of hydrogen-bond donors (Lipinski definition) is 2. The van der Waals surface area contributed by atoms with Gasteiger partial charge in [0.25, 0.3) is 0 Å². The molecule has 20 heavy (non-hydrogen) atoms. The fourth-order valence-electron chi connectivity index (χ4n) is 1.72. The van der Waals surface area contributed by atoms with Gasteiger partial charge < -0.3 is 15.2 Å². The van der Waals surface area contributed by atoms with Crippen LogP contribution in [0.5, 0.6) is 5.75 Å². The minimum atomic E-state index is -0.166. The molecule has 5 heteroatoms. The van der Waals surface area contributed by atoms with Gasteiger partial charge >= 0.3 is 0 Å². The van der Waals surface area contributed by atoms with E-state index in [0.717, 1.165) is 10.6 Å². The highest BCUT2D eigenvalue weighted by molar-refractivity contribution is 7.10. The Bertz CT molecular complexity index is 537. The molecule has 1 unspecified atom stereocenters. The minimum absolute atomic E-state index is 0.0170. The van der Waals surface area contributed by atoms with Crippen molar-refractivity contribution >= 4 is 22.9 Å². The van der Waals surface area contributed by atoms with E-state index in [2.05, 4.69) is 5.32 Å². The lowest BCUT2D eigenvalue weighted by molar-refractivity contribution is -0.117. The van der Waals surface area contributed by atoms with Crippen LogP contribution in [0.4, 0.5) is 5.69 Å². The number of ether oxygens (including phenoxy) is 1. The summed E-state index contributed by atoms with van der Waals surface area (Å²) in [6.45, 7) is 2.14. The van der Waals surface area contributed by atoms with E-state index < -0.39 is 0 Å². The van der Waals surface area contributed by atoms with E-state index in [9.17, 15) is 4.79 Å². The molecule has 0 fully saturated rings. The number of nitrogens with one attached hydrogen (secondary N) is 1. The molecule has 0 saturated carbocycles.